The maximum Gasteiger partial charge on any atom is 0.258 e. The van der Waals surface area contributed by atoms with Gasteiger partial charge in [-0.25, -0.2) is 0 Å². The van der Waals surface area contributed by atoms with Gasteiger partial charge in [-0.1, -0.05) is 19.1 Å². The fourth-order valence-corrected chi connectivity index (χ4v) is 1.56. The third-order valence-electron chi connectivity index (χ3n) is 2.78. The second kappa shape index (κ2) is 9.77. The summed E-state index contributed by atoms with van der Waals surface area (Å²) in [6.45, 7) is 2.75. The highest BCUT2D eigenvalue weighted by Gasteiger charge is 2.06. The minimum Gasteiger partial charge on any atom is -0.484 e. The minimum absolute atomic E-state index is 0.0688. The summed E-state index contributed by atoms with van der Waals surface area (Å²) in [4.78, 5) is 22.9. The summed E-state index contributed by atoms with van der Waals surface area (Å²) in [5, 5.41) is 5.09. The molecule has 0 fully saturated rings. The molecule has 0 aliphatic heterocycles. The number of ether oxygens (including phenoxy) is 2. The molecule has 0 aliphatic rings. The van der Waals surface area contributed by atoms with Gasteiger partial charge in [0.05, 0.1) is 13.2 Å². The Labute approximate surface area is 124 Å². The topological polar surface area (TPSA) is 76.7 Å². The van der Waals surface area contributed by atoms with E-state index < -0.39 is 0 Å². The van der Waals surface area contributed by atoms with Gasteiger partial charge in [-0.15, -0.1) is 0 Å². The average Bonchev–Trinajstić information content (AvgIpc) is 2.51. The first-order valence-electron chi connectivity index (χ1n) is 6.89. The number of aryl methyl sites for hydroxylation is 1. The van der Waals surface area contributed by atoms with Crippen LogP contribution in [0.1, 0.15) is 12.5 Å². The molecule has 21 heavy (non-hydrogen) atoms. The van der Waals surface area contributed by atoms with E-state index in [2.05, 4.69) is 17.6 Å². The Bertz CT molecular complexity index is 445. The monoisotopic (exact) mass is 294 g/mol. The summed E-state index contributed by atoms with van der Waals surface area (Å²) in [7, 11) is 1.55. The van der Waals surface area contributed by atoms with E-state index in [0.717, 1.165) is 6.42 Å². The molecule has 0 atom stereocenters. The van der Waals surface area contributed by atoms with Crippen LogP contribution in [0.2, 0.25) is 0 Å². The fourth-order valence-electron chi connectivity index (χ4n) is 1.56. The van der Waals surface area contributed by atoms with Gasteiger partial charge in [0, 0.05) is 13.7 Å². The van der Waals surface area contributed by atoms with Crippen molar-refractivity contribution in [3.05, 3.63) is 29.8 Å². The molecule has 0 spiro atoms. The lowest BCUT2D eigenvalue weighted by Crippen LogP contribution is -2.39. The van der Waals surface area contributed by atoms with Crippen LogP contribution in [0.25, 0.3) is 0 Å². The largest absolute Gasteiger partial charge is 0.484 e. The summed E-state index contributed by atoms with van der Waals surface area (Å²) in [5.41, 5.74) is 1.21. The highest BCUT2D eigenvalue weighted by atomic mass is 16.5. The number of hydrogen-bond acceptors (Lipinski definition) is 4. The van der Waals surface area contributed by atoms with Gasteiger partial charge in [-0.2, -0.15) is 0 Å². The SMILES string of the molecule is CCc1ccc(OCC(=O)NCC(=O)NCCOC)cc1. The molecule has 0 aliphatic carbocycles. The van der Waals surface area contributed by atoms with E-state index in [1.165, 1.54) is 5.56 Å². The van der Waals surface area contributed by atoms with E-state index in [4.69, 9.17) is 9.47 Å². The van der Waals surface area contributed by atoms with Gasteiger partial charge in [-0.3, -0.25) is 9.59 Å². The second-order valence-corrected chi connectivity index (χ2v) is 4.41. The molecule has 0 radical (unpaired) electrons. The van der Waals surface area contributed by atoms with Crippen LogP contribution in [-0.4, -0.2) is 45.2 Å². The maximum atomic E-state index is 11.5. The number of carbonyl (C=O) groups is 2. The zero-order valence-corrected chi connectivity index (χ0v) is 12.5. The van der Waals surface area contributed by atoms with Gasteiger partial charge in [0.1, 0.15) is 5.75 Å². The molecule has 116 valence electrons. The van der Waals surface area contributed by atoms with Crippen molar-refractivity contribution in [2.24, 2.45) is 0 Å². The van der Waals surface area contributed by atoms with Crippen molar-refractivity contribution in [1.82, 2.24) is 10.6 Å². The van der Waals surface area contributed by atoms with Crippen molar-refractivity contribution in [1.29, 1.82) is 0 Å². The highest BCUT2D eigenvalue weighted by Crippen LogP contribution is 2.12. The van der Waals surface area contributed by atoms with E-state index in [0.29, 0.717) is 18.9 Å². The Morgan fingerprint density at radius 1 is 1.10 bits per heavy atom. The summed E-state index contributed by atoms with van der Waals surface area (Å²) in [6.07, 6.45) is 0.957. The Morgan fingerprint density at radius 3 is 2.43 bits per heavy atom. The van der Waals surface area contributed by atoms with Crippen LogP contribution in [-0.2, 0) is 20.7 Å². The molecule has 2 N–H and O–H groups in total. The number of nitrogens with one attached hydrogen (secondary N) is 2. The van der Waals surface area contributed by atoms with Crippen molar-refractivity contribution in [3.63, 3.8) is 0 Å². The number of amides is 2. The van der Waals surface area contributed by atoms with Gasteiger partial charge >= 0.3 is 0 Å². The highest BCUT2D eigenvalue weighted by molar-refractivity contribution is 5.85. The van der Waals surface area contributed by atoms with Crippen LogP contribution in [0.15, 0.2) is 24.3 Å². The summed E-state index contributed by atoms with van der Waals surface area (Å²) >= 11 is 0. The van der Waals surface area contributed by atoms with Crippen LogP contribution in [0.3, 0.4) is 0 Å². The second-order valence-electron chi connectivity index (χ2n) is 4.41. The molecule has 0 heterocycles. The van der Waals surface area contributed by atoms with Gasteiger partial charge in [0.2, 0.25) is 5.91 Å². The van der Waals surface area contributed by atoms with E-state index in [9.17, 15) is 9.59 Å². The quantitative estimate of drug-likeness (QED) is 0.651. The first-order chi connectivity index (χ1) is 10.2. The zero-order valence-electron chi connectivity index (χ0n) is 12.5. The number of methoxy groups -OCH3 is 1. The number of hydrogen-bond donors (Lipinski definition) is 2. The summed E-state index contributed by atoms with van der Waals surface area (Å²) < 4.78 is 10.1. The summed E-state index contributed by atoms with van der Waals surface area (Å²) in [6, 6.07) is 7.56. The van der Waals surface area contributed by atoms with Crippen LogP contribution < -0.4 is 15.4 Å². The molecule has 2 amide bonds. The first kappa shape index (κ1) is 17.0. The normalized spacial score (nSPS) is 10.0. The van der Waals surface area contributed by atoms with Crippen molar-refractivity contribution < 1.29 is 19.1 Å². The molecule has 1 aromatic carbocycles. The average molecular weight is 294 g/mol. The first-order valence-corrected chi connectivity index (χ1v) is 6.89. The van der Waals surface area contributed by atoms with Gasteiger partial charge in [0.25, 0.3) is 5.91 Å². The van der Waals surface area contributed by atoms with E-state index in [1.54, 1.807) is 7.11 Å². The van der Waals surface area contributed by atoms with Crippen LogP contribution >= 0.6 is 0 Å². The van der Waals surface area contributed by atoms with Gasteiger partial charge < -0.3 is 20.1 Å². The van der Waals surface area contributed by atoms with Gasteiger partial charge in [-0.05, 0) is 24.1 Å². The van der Waals surface area contributed by atoms with Crippen molar-refractivity contribution >= 4 is 11.8 Å². The van der Waals surface area contributed by atoms with Crippen LogP contribution in [0, 0.1) is 0 Å². The minimum atomic E-state index is -0.337. The summed E-state index contributed by atoms with van der Waals surface area (Å²) in [5.74, 6) is 0.0380. The standard InChI is InChI=1S/C15H22N2O4/c1-3-12-4-6-13(7-5-12)21-11-15(19)17-10-14(18)16-8-9-20-2/h4-7H,3,8-11H2,1-2H3,(H,16,18)(H,17,19). The van der Waals surface area contributed by atoms with E-state index in [-0.39, 0.29) is 25.0 Å². The van der Waals surface area contributed by atoms with Crippen molar-refractivity contribution in [3.8, 4) is 5.75 Å². The lowest BCUT2D eigenvalue weighted by atomic mass is 10.2. The smallest absolute Gasteiger partial charge is 0.258 e. The Morgan fingerprint density at radius 2 is 1.81 bits per heavy atom. The molecule has 0 bridgehead atoms. The molecular formula is C15H22N2O4. The molecule has 0 aromatic heterocycles. The van der Waals surface area contributed by atoms with E-state index in [1.807, 2.05) is 24.3 Å². The van der Waals surface area contributed by atoms with Crippen LogP contribution in [0.4, 0.5) is 0 Å². The molecule has 6 nitrogen and oxygen atoms in total. The molecule has 0 saturated carbocycles. The predicted molar refractivity (Wildman–Crippen MR) is 79.2 cm³/mol. The molecule has 0 saturated heterocycles. The predicted octanol–water partition coefficient (Wildman–Crippen LogP) is 0.507. The Hall–Kier alpha value is -2.08. The van der Waals surface area contributed by atoms with Gasteiger partial charge in [0.15, 0.2) is 6.61 Å². The van der Waals surface area contributed by atoms with Crippen molar-refractivity contribution in [2.45, 2.75) is 13.3 Å². The molecule has 0 unspecified atom stereocenters. The third kappa shape index (κ3) is 7.31. The molecular weight excluding hydrogens is 272 g/mol. The lowest BCUT2D eigenvalue weighted by Gasteiger charge is -2.08. The number of rotatable bonds is 9. The maximum absolute atomic E-state index is 11.5. The zero-order chi connectivity index (χ0) is 15.5. The number of benzene rings is 1. The van der Waals surface area contributed by atoms with Crippen LogP contribution in [0.5, 0.6) is 5.75 Å². The van der Waals surface area contributed by atoms with E-state index >= 15 is 0 Å². The lowest BCUT2D eigenvalue weighted by molar-refractivity contribution is -0.127. The third-order valence-corrected chi connectivity index (χ3v) is 2.78. The Kier molecular flexibility index (Phi) is 7.89. The van der Waals surface area contributed by atoms with Crippen molar-refractivity contribution in [2.75, 3.05) is 33.4 Å². The molecule has 1 rings (SSSR count). The fraction of sp³-hybridized carbons (Fsp3) is 0.467. The molecule has 1 aromatic rings. The number of carbonyl (C=O) groups excluding carboxylic acids is 2. The Balaban J connectivity index is 2.19. The molecule has 6 heteroatoms.